The number of amides is 2. The van der Waals surface area contributed by atoms with Crippen LogP contribution in [0.25, 0.3) is 0 Å². The van der Waals surface area contributed by atoms with Crippen molar-refractivity contribution in [2.24, 2.45) is 5.92 Å². The van der Waals surface area contributed by atoms with Crippen molar-refractivity contribution >= 4 is 23.2 Å². The molecule has 1 aliphatic rings. The summed E-state index contributed by atoms with van der Waals surface area (Å²) < 4.78 is 0. The molecule has 1 aromatic heterocycles. The summed E-state index contributed by atoms with van der Waals surface area (Å²) in [5.74, 6) is -0.0657. The van der Waals surface area contributed by atoms with Gasteiger partial charge in [0.15, 0.2) is 0 Å². The lowest BCUT2D eigenvalue weighted by Crippen LogP contribution is -2.63. The monoisotopic (exact) mass is 281 g/mol. The third kappa shape index (κ3) is 2.49. The highest BCUT2D eigenvalue weighted by atomic mass is 32.1. The third-order valence-electron chi connectivity index (χ3n) is 3.45. The molecule has 2 rings (SSSR count). The Morgan fingerprint density at radius 1 is 1.47 bits per heavy atom. The number of hydrogen-bond acceptors (Lipinski definition) is 4. The van der Waals surface area contributed by atoms with Crippen LogP contribution in [0.4, 0.5) is 0 Å². The molecule has 2 amide bonds. The van der Waals surface area contributed by atoms with Crippen LogP contribution < -0.4 is 5.32 Å². The highest BCUT2D eigenvalue weighted by Gasteiger charge is 2.43. The topological polar surface area (TPSA) is 62.3 Å². The lowest BCUT2D eigenvalue weighted by molar-refractivity contribution is -0.151. The fraction of sp³-hybridized carbons (Fsp3) is 0.615. The van der Waals surface area contributed by atoms with Crippen LogP contribution in [-0.2, 0) is 15.1 Å². The molecule has 0 spiro atoms. The average Bonchev–Trinajstić information content (AvgIpc) is 2.85. The Hall–Kier alpha value is -1.43. The van der Waals surface area contributed by atoms with Gasteiger partial charge in [-0.1, -0.05) is 13.8 Å². The van der Waals surface area contributed by atoms with Gasteiger partial charge in [0.25, 0.3) is 0 Å². The first-order valence-electron chi connectivity index (χ1n) is 6.35. The van der Waals surface area contributed by atoms with Crippen molar-refractivity contribution in [2.45, 2.75) is 39.3 Å². The summed E-state index contributed by atoms with van der Waals surface area (Å²) in [5, 5.41) is 5.49. The molecular weight excluding hydrogens is 262 g/mol. The van der Waals surface area contributed by atoms with E-state index in [1.54, 1.807) is 11.1 Å². The summed E-state index contributed by atoms with van der Waals surface area (Å²) >= 11 is 1.50. The SMILES string of the molecule is CC(C)C1NC(=O)CN(C(C)(C)c2nccs2)C1=O. The highest BCUT2D eigenvalue weighted by molar-refractivity contribution is 7.09. The Kier molecular flexibility index (Phi) is 3.62. The maximum absolute atomic E-state index is 12.5. The highest BCUT2D eigenvalue weighted by Crippen LogP contribution is 2.31. The van der Waals surface area contributed by atoms with Crippen molar-refractivity contribution in [3.8, 4) is 0 Å². The zero-order valence-electron chi connectivity index (χ0n) is 11.6. The van der Waals surface area contributed by atoms with Gasteiger partial charge < -0.3 is 10.2 Å². The van der Waals surface area contributed by atoms with Gasteiger partial charge in [-0.2, -0.15) is 0 Å². The minimum Gasteiger partial charge on any atom is -0.343 e. The second kappa shape index (κ2) is 4.92. The molecule has 1 fully saturated rings. The third-order valence-corrected chi connectivity index (χ3v) is 4.53. The van der Waals surface area contributed by atoms with Crippen molar-refractivity contribution in [1.82, 2.24) is 15.2 Å². The molecule has 5 nitrogen and oxygen atoms in total. The Labute approximate surface area is 117 Å². The number of nitrogens with one attached hydrogen (secondary N) is 1. The van der Waals surface area contributed by atoms with E-state index in [4.69, 9.17) is 0 Å². The van der Waals surface area contributed by atoms with Crippen molar-refractivity contribution in [3.05, 3.63) is 16.6 Å². The molecule has 1 aromatic rings. The van der Waals surface area contributed by atoms with Gasteiger partial charge in [-0.25, -0.2) is 4.98 Å². The number of hydrogen-bond donors (Lipinski definition) is 1. The molecular formula is C13H19N3O2S. The summed E-state index contributed by atoms with van der Waals surface area (Å²) in [7, 11) is 0. The molecule has 19 heavy (non-hydrogen) atoms. The molecule has 0 saturated carbocycles. The molecule has 104 valence electrons. The zero-order chi connectivity index (χ0) is 14.2. The van der Waals surface area contributed by atoms with E-state index in [0.717, 1.165) is 5.01 Å². The first-order chi connectivity index (χ1) is 8.84. The summed E-state index contributed by atoms with van der Waals surface area (Å²) in [6.45, 7) is 7.82. The van der Waals surface area contributed by atoms with Gasteiger partial charge >= 0.3 is 0 Å². The minimum absolute atomic E-state index is 0.0326. The second-order valence-electron chi connectivity index (χ2n) is 5.61. The van der Waals surface area contributed by atoms with Gasteiger partial charge in [-0.3, -0.25) is 9.59 Å². The normalized spacial score (nSPS) is 20.9. The largest absolute Gasteiger partial charge is 0.343 e. The van der Waals surface area contributed by atoms with E-state index in [1.165, 1.54) is 11.3 Å². The van der Waals surface area contributed by atoms with E-state index in [9.17, 15) is 9.59 Å². The van der Waals surface area contributed by atoms with E-state index >= 15 is 0 Å². The quantitative estimate of drug-likeness (QED) is 0.910. The van der Waals surface area contributed by atoms with Crippen LogP contribution in [0, 0.1) is 5.92 Å². The summed E-state index contributed by atoms with van der Waals surface area (Å²) in [5.41, 5.74) is -0.559. The molecule has 0 aliphatic carbocycles. The van der Waals surface area contributed by atoms with Crippen molar-refractivity contribution in [3.63, 3.8) is 0 Å². The molecule has 1 aliphatic heterocycles. The van der Waals surface area contributed by atoms with Crippen LogP contribution in [0.1, 0.15) is 32.7 Å². The van der Waals surface area contributed by atoms with Crippen molar-refractivity contribution in [1.29, 1.82) is 0 Å². The van der Waals surface area contributed by atoms with Crippen LogP contribution in [0.15, 0.2) is 11.6 Å². The van der Waals surface area contributed by atoms with Gasteiger partial charge in [-0.05, 0) is 19.8 Å². The van der Waals surface area contributed by atoms with Gasteiger partial charge in [-0.15, -0.1) is 11.3 Å². The standard InChI is InChI=1S/C13H19N3O2S/c1-8(2)10-11(18)16(7-9(17)15-10)13(3,4)12-14-5-6-19-12/h5-6,8,10H,7H2,1-4H3,(H,15,17). The number of nitrogens with zero attached hydrogens (tertiary/aromatic N) is 2. The Morgan fingerprint density at radius 2 is 2.16 bits per heavy atom. The van der Waals surface area contributed by atoms with Crippen LogP contribution in [0.2, 0.25) is 0 Å². The Balaban J connectivity index is 2.32. The van der Waals surface area contributed by atoms with E-state index in [1.807, 2.05) is 33.1 Å². The fourth-order valence-corrected chi connectivity index (χ4v) is 3.01. The molecule has 1 N–H and O–H groups in total. The van der Waals surface area contributed by atoms with Gasteiger partial charge in [0.2, 0.25) is 11.8 Å². The molecule has 0 radical (unpaired) electrons. The van der Waals surface area contributed by atoms with Crippen molar-refractivity contribution < 1.29 is 9.59 Å². The Bertz CT molecular complexity index is 482. The first-order valence-corrected chi connectivity index (χ1v) is 7.23. The lowest BCUT2D eigenvalue weighted by Gasteiger charge is -2.42. The number of thiazole rings is 1. The average molecular weight is 281 g/mol. The molecule has 2 heterocycles. The lowest BCUT2D eigenvalue weighted by atomic mass is 9.95. The number of carbonyl (C=O) groups excluding carboxylic acids is 2. The maximum Gasteiger partial charge on any atom is 0.246 e. The number of rotatable bonds is 3. The molecule has 1 saturated heterocycles. The molecule has 1 unspecified atom stereocenters. The molecule has 0 aromatic carbocycles. The fourth-order valence-electron chi connectivity index (χ4n) is 2.24. The van der Waals surface area contributed by atoms with E-state index in [0.29, 0.717) is 0 Å². The van der Waals surface area contributed by atoms with Gasteiger partial charge in [0.05, 0.1) is 5.54 Å². The molecule has 6 heteroatoms. The predicted molar refractivity (Wildman–Crippen MR) is 73.6 cm³/mol. The van der Waals surface area contributed by atoms with Crippen LogP contribution >= 0.6 is 11.3 Å². The second-order valence-corrected chi connectivity index (χ2v) is 6.50. The van der Waals surface area contributed by atoms with Crippen LogP contribution in [-0.4, -0.2) is 34.3 Å². The number of carbonyl (C=O) groups is 2. The van der Waals surface area contributed by atoms with Gasteiger partial charge in [0, 0.05) is 11.6 Å². The Morgan fingerprint density at radius 3 is 2.68 bits per heavy atom. The first kappa shape index (κ1) is 14.0. The van der Waals surface area contributed by atoms with E-state index in [2.05, 4.69) is 10.3 Å². The van der Waals surface area contributed by atoms with E-state index in [-0.39, 0.29) is 24.3 Å². The smallest absolute Gasteiger partial charge is 0.246 e. The predicted octanol–water partition coefficient (Wildman–Crippen LogP) is 1.36. The summed E-state index contributed by atoms with van der Waals surface area (Å²) in [6, 6.07) is -0.444. The molecule has 0 bridgehead atoms. The van der Waals surface area contributed by atoms with Crippen LogP contribution in [0.5, 0.6) is 0 Å². The number of piperazine rings is 1. The van der Waals surface area contributed by atoms with Crippen molar-refractivity contribution in [2.75, 3.05) is 6.54 Å². The maximum atomic E-state index is 12.5. The van der Waals surface area contributed by atoms with Crippen LogP contribution in [0.3, 0.4) is 0 Å². The zero-order valence-corrected chi connectivity index (χ0v) is 12.5. The van der Waals surface area contributed by atoms with Gasteiger partial charge in [0.1, 0.15) is 17.6 Å². The molecule has 1 atom stereocenters. The number of aromatic nitrogens is 1. The summed E-state index contributed by atoms with van der Waals surface area (Å²) in [6.07, 6.45) is 1.72. The summed E-state index contributed by atoms with van der Waals surface area (Å²) in [4.78, 5) is 30.3. The van der Waals surface area contributed by atoms with E-state index < -0.39 is 11.6 Å². The minimum atomic E-state index is -0.559.